The Morgan fingerprint density at radius 1 is 1.23 bits per heavy atom. The number of halogens is 3. The Kier molecular flexibility index (Phi) is 7.73. The highest BCUT2D eigenvalue weighted by Crippen LogP contribution is 2.29. The first kappa shape index (κ1) is 24.8. The number of amides is 2. The third-order valence-electron chi connectivity index (χ3n) is 5.57. The monoisotopic (exact) mass is 499 g/mol. The number of nitrogens with zero attached hydrogens (tertiary/aromatic N) is 4. The Labute approximate surface area is 197 Å². The minimum absolute atomic E-state index is 0.0204. The van der Waals surface area contributed by atoms with E-state index in [1.807, 2.05) is 5.32 Å². The van der Waals surface area contributed by atoms with Crippen molar-refractivity contribution in [1.82, 2.24) is 15.5 Å². The van der Waals surface area contributed by atoms with Gasteiger partial charge in [0, 0.05) is 31.4 Å². The van der Waals surface area contributed by atoms with E-state index in [0.717, 1.165) is 0 Å². The van der Waals surface area contributed by atoms with Gasteiger partial charge in [-0.3, -0.25) is 14.4 Å². The summed E-state index contributed by atoms with van der Waals surface area (Å²) in [7, 11) is 0. The normalized spacial score (nSPS) is 20.9. The van der Waals surface area contributed by atoms with E-state index in [9.17, 15) is 23.5 Å². The van der Waals surface area contributed by atoms with Crippen LogP contribution in [0.5, 0.6) is 0 Å². The van der Waals surface area contributed by atoms with Crippen LogP contribution < -0.4 is 15.1 Å². The molecule has 2 aliphatic heterocycles. The van der Waals surface area contributed by atoms with E-state index in [4.69, 9.17) is 14.1 Å². The summed E-state index contributed by atoms with van der Waals surface area (Å²) in [6.45, 7) is 0.868. The number of aliphatic hydroxyl groups excluding tert-OH is 1. The minimum atomic E-state index is -3.15. The van der Waals surface area contributed by atoms with Gasteiger partial charge in [-0.05, 0) is 18.2 Å². The number of carbonyl (C=O) groups is 2. The summed E-state index contributed by atoms with van der Waals surface area (Å²) in [5.74, 6) is -2.29. The Balaban J connectivity index is 1.35. The Bertz CT molecular complexity index is 1030. The van der Waals surface area contributed by atoms with E-state index in [1.165, 1.54) is 28.4 Å². The summed E-state index contributed by atoms with van der Waals surface area (Å²) in [5.41, 5.74) is 1.09. The van der Waals surface area contributed by atoms with E-state index in [0.29, 0.717) is 30.2 Å². The van der Waals surface area contributed by atoms with Gasteiger partial charge in [-0.1, -0.05) is 5.16 Å². The Morgan fingerprint density at radius 3 is 2.77 bits per heavy atom. The van der Waals surface area contributed by atoms with Crippen LogP contribution in [0.3, 0.4) is 0 Å². The lowest BCUT2D eigenvalue weighted by Gasteiger charge is -2.25. The Hall–Kier alpha value is -3.36. The third kappa shape index (κ3) is 6.01. The fourth-order valence-corrected chi connectivity index (χ4v) is 3.82. The predicted molar refractivity (Wildman–Crippen MR) is 114 cm³/mol. The van der Waals surface area contributed by atoms with Crippen molar-refractivity contribution in [2.75, 3.05) is 49.1 Å². The standard InChI is InChI=1S/C21H24F3N5O6/c22-16-10-14(28-12-15(35-21(28)32)11-25-20(31)19(23)24)1-2-17(16)27-4-5-29(34-8-6-27)18(30)9-13-3-7-33-26-13/h1-3,7,10,15,19,21,32H,4-6,8-9,11-12H2,(H,25,31)/t15-,21?/m0/s1. The second-order valence-electron chi connectivity index (χ2n) is 7.90. The quantitative estimate of drug-likeness (QED) is 0.561. The summed E-state index contributed by atoms with van der Waals surface area (Å²) in [6, 6.07) is 5.94. The second-order valence-corrected chi connectivity index (χ2v) is 7.90. The fourth-order valence-electron chi connectivity index (χ4n) is 3.82. The van der Waals surface area contributed by atoms with Crippen molar-refractivity contribution >= 4 is 23.2 Å². The van der Waals surface area contributed by atoms with Crippen LogP contribution in [0, 0.1) is 5.82 Å². The summed E-state index contributed by atoms with van der Waals surface area (Å²) >= 11 is 0. The topological polar surface area (TPSA) is 121 Å². The zero-order valence-electron chi connectivity index (χ0n) is 18.5. The van der Waals surface area contributed by atoms with Crippen molar-refractivity contribution in [3.05, 3.63) is 42.0 Å². The van der Waals surface area contributed by atoms with Crippen LogP contribution in [0.1, 0.15) is 5.69 Å². The zero-order valence-corrected chi connectivity index (χ0v) is 18.5. The highest BCUT2D eigenvalue weighted by Gasteiger charge is 2.33. The van der Waals surface area contributed by atoms with Crippen LogP contribution in [0.15, 0.2) is 35.1 Å². The van der Waals surface area contributed by atoms with E-state index in [2.05, 4.69) is 5.16 Å². The predicted octanol–water partition coefficient (Wildman–Crippen LogP) is 0.499. The number of aromatic nitrogens is 1. The van der Waals surface area contributed by atoms with Crippen molar-refractivity contribution in [2.24, 2.45) is 0 Å². The lowest BCUT2D eigenvalue weighted by Crippen LogP contribution is -2.37. The zero-order chi connectivity index (χ0) is 24.9. The van der Waals surface area contributed by atoms with Gasteiger partial charge in [0.1, 0.15) is 12.1 Å². The maximum absolute atomic E-state index is 15.0. The third-order valence-corrected chi connectivity index (χ3v) is 5.57. The highest BCUT2D eigenvalue weighted by molar-refractivity contribution is 5.79. The molecule has 0 bridgehead atoms. The molecule has 0 saturated carbocycles. The molecule has 4 rings (SSSR count). The molecule has 35 heavy (non-hydrogen) atoms. The molecule has 0 spiro atoms. The molecule has 11 nitrogen and oxygen atoms in total. The molecular formula is C21H24F3N5O6. The fraction of sp³-hybridized carbons (Fsp3) is 0.476. The first-order chi connectivity index (χ1) is 16.8. The molecule has 14 heteroatoms. The van der Waals surface area contributed by atoms with E-state index < -0.39 is 30.7 Å². The average molecular weight is 499 g/mol. The molecular weight excluding hydrogens is 475 g/mol. The second kappa shape index (κ2) is 10.9. The van der Waals surface area contributed by atoms with Crippen LogP contribution in [-0.2, 0) is 25.6 Å². The SMILES string of the molecule is O=C(NC[C@H]1CN(c2ccc(N3CCON(C(=O)Cc4ccon4)CC3)c(F)c2)C(O)O1)C(F)F. The molecule has 1 aromatic heterocycles. The number of anilines is 2. The van der Waals surface area contributed by atoms with Crippen LogP contribution >= 0.6 is 0 Å². The highest BCUT2D eigenvalue weighted by atomic mass is 19.3. The lowest BCUT2D eigenvalue weighted by atomic mass is 10.2. The number of carbonyl (C=O) groups excluding carboxylic acids is 2. The molecule has 190 valence electrons. The molecule has 0 radical (unpaired) electrons. The number of ether oxygens (including phenoxy) is 1. The molecule has 3 heterocycles. The van der Waals surface area contributed by atoms with E-state index in [-0.39, 0.29) is 38.6 Å². The van der Waals surface area contributed by atoms with Crippen molar-refractivity contribution in [3.63, 3.8) is 0 Å². The van der Waals surface area contributed by atoms with Gasteiger partial charge in [-0.25, -0.2) is 9.45 Å². The van der Waals surface area contributed by atoms with Gasteiger partial charge in [0.2, 0.25) is 6.41 Å². The summed E-state index contributed by atoms with van der Waals surface area (Å²) in [5, 5.41) is 17.1. The van der Waals surface area contributed by atoms with Gasteiger partial charge >= 0.3 is 6.43 Å². The van der Waals surface area contributed by atoms with Crippen LogP contribution in [0.4, 0.5) is 24.5 Å². The smallest absolute Gasteiger partial charge is 0.315 e. The van der Waals surface area contributed by atoms with E-state index >= 15 is 4.39 Å². The summed E-state index contributed by atoms with van der Waals surface area (Å²) in [6.07, 6.45) is -3.93. The molecule has 2 N–H and O–H groups in total. The number of hydrogen-bond donors (Lipinski definition) is 2. The molecule has 1 unspecified atom stereocenters. The maximum Gasteiger partial charge on any atom is 0.315 e. The Morgan fingerprint density at radius 2 is 2.06 bits per heavy atom. The first-order valence-electron chi connectivity index (χ1n) is 10.8. The van der Waals surface area contributed by atoms with Crippen molar-refractivity contribution < 1.29 is 42.0 Å². The molecule has 2 fully saturated rings. The molecule has 2 amide bonds. The van der Waals surface area contributed by atoms with Gasteiger partial charge in [0.05, 0.1) is 43.6 Å². The number of benzene rings is 1. The largest absolute Gasteiger partial charge is 0.365 e. The van der Waals surface area contributed by atoms with Crippen molar-refractivity contribution in [3.8, 4) is 0 Å². The van der Waals surface area contributed by atoms with E-state index in [1.54, 1.807) is 17.0 Å². The molecule has 0 aliphatic carbocycles. The molecule has 2 aromatic rings. The molecule has 2 atom stereocenters. The van der Waals surface area contributed by atoms with Gasteiger partial charge in [0.15, 0.2) is 0 Å². The number of aliphatic hydroxyl groups is 1. The lowest BCUT2D eigenvalue weighted by molar-refractivity contribution is -0.181. The average Bonchev–Trinajstić information content (AvgIpc) is 3.39. The first-order valence-corrected chi connectivity index (χ1v) is 10.8. The van der Waals surface area contributed by atoms with Crippen LogP contribution in [0.25, 0.3) is 0 Å². The summed E-state index contributed by atoms with van der Waals surface area (Å²) < 4.78 is 49.7. The number of hydrogen-bond acceptors (Lipinski definition) is 9. The number of rotatable bonds is 7. The van der Waals surface area contributed by atoms with Crippen molar-refractivity contribution in [1.29, 1.82) is 0 Å². The number of hydroxylamine groups is 2. The van der Waals surface area contributed by atoms with Crippen LogP contribution in [-0.4, -0.2) is 85.4 Å². The van der Waals surface area contributed by atoms with Crippen molar-refractivity contribution in [2.45, 2.75) is 25.4 Å². The molecule has 2 saturated heterocycles. The number of nitrogens with one attached hydrogen (secondary N) is 1. The van der Waals surface area contributed by atoms with Gasteiger partial charge in [-0.2, -0.15) is 8.78 Å². The van der Waals surface area contributed by atoms with Gasteiger partial charge < -0.3 is 29.5 Å². The maximum atomic E-state index is 15.0. The summed E-state index contributed by atoms with van der Waals surface area (Å²) in [4.78, 5) is 32.1. The number of alkyl halides is 2. The minimum Gasteiger partial charge on any atom is -0.365 e. The molecule has 2 aliphatic rings. The van der Waals surface area contributed by atoms with Gasteiger partial charge in [-0.15, -0.1) is 0 Å². The van der Waals surface area contributed by atoms with Crippen LogP contribution in [0.2, 0.25) is 0 Å². The molecule has 1 aromatic carbocycles. The van der Waals surface area contributed by atoms with Gasteiger partial charge in [0.25, 0.3) is 11.8 Å².